The largest absolute Gasteiger partial charge is 0.474 e. The second-order valence-electron chi connectivity index (χ2n) is 4.24. The molecule has 0 N–H and O–H groups in total. The Morgan fingerprint density at radius 1 is 1.59 bits per heavy atom. The third-order valence-electron chi connectivity index (χ3n) is 3.26. The van der Waals surface area contributed by atoms with Crippen molar-refractivity contribution in [3.05, 3.63) is 29.6 Å². The van der Waals surface area contributed by atoms with Crippen molar-refractivity contribution >= 4 is 11.8 Å². The fourth-order valence-electron chi connectivity index (χ4n) is 2.27. The highest BCUT2D eigenvalue weighted by atomic mass is 19.1. The Kier molecular flexibility index (Phi) is 1.85. The molecule has 0 bridgehead atoms. The molecule has 1 heterocycles. The molecule has 3 rings (SSSR count). The van der Waals surface area contributed by atoms with Crippen LogP contribution in [-0.2, 0) is 9.53 Å². The first-order valence-corrected chi connectivity index (χ1v) is 5.20. The van der Waals surface area contributed by atoms with Crippen LogP contribution < -0.4 is 4.74 Å². The number of Topliss-reactive ketones (excluding diaryl/α,β-unsaturated/α-hetero) is 1. The number of benzene rings is 1. The van der Waals surface area contributed by atoms with E-state index < -0.39 is 23.3 Å². The highest BCUT2D eigenvalue weighted by Crippen LogP contribution is 2.54. The number of fused-ring (bicyclic) bond motifs is 2. The Balaban J connectivity index is 2.06. The van der Waals surface area contributed by atoms with Crippen molar-refractivity contribution in [2.24, 2.45) is 5.92 Å². The van der Waals surface area contributed by atoms with E-state index >= 15 is 0 Å². The normalized spacial score (nSPS) is 28.8. The standard InChI is InChI=1S/C12H9FO4/c1-16-11(15)12-5-8(12)10(14)7-4-6(13)2-3-9(7)17-12/h2-4,8H,5H2,1H3/t8-,12+/m0/s1. The van der Waals surface area contributed by atoms with Gasteiger partial charge in [0.05, 0.1) is 18.6 Å². The van der Waals surface area contributed by atoms with Crippen LogP contribution in [0.15, 0.2) is 18.2 Å². The minimum atomic E-state index is -1.17. The van der Waals surface area contributed by atoms with E-state index in [4.69, 9.17) is 4.74 Å². The van der Waals surface area contributed by atoms with Crippen molar-refractivity contribution in [1.82, 2.24) is 0 Å². The van der Waals surface area contributed by atoms with Gasteiger partial charge in [-0.25, -0.2) is 9.18 Å². The number of carbonyl (C=O) groups is 2. The lowest BCUT2D eigenvalue weighted by Gasteiger charge is -2.23. The van der Waals surface area contributed by atoms with Crippen LogP contribution >= 0.6 is 0 Å². The van der Waals surface area contributed by atoms with E-state index in [-0.39, 0.29) is 17.1 Å². The summed E-state index contributed by atoms with van der Waals surface area (Å²) in [7, 11) is 1.25. The van der Waals surface area contributed by atoms with Gasteiger partial charge >= 0.3 is 5.97 Å². The molecule has 1 aromatic rings. The molecule has 0 unspecified atom stereocenters. The van der Waals surface area contributed by atoms with Gasteiger partial charge in [-0.3, -0.25) is 4.79 Å². The molecule has 0 saturated heterocycles. The first kappa shape index (κ1) is 10.3. The molecule has 2 aliphatic rings. The minimum Gasteiger partial charge on any atom is -0.474 e. The Labute approximate surface area is 96.3 Å². The Hall–Kier alpha value is -1.91. The van der Waals surface area contributed by atoms with Crippen LogP contribution in [-0.4, -0.2) is 24.5 Å². The Bertz CT molecular complexity index is 539. The van der Waals surface area contributed by atoms with Crippen LogP contribution in [0.3, 0.4) is 0 Å². The fraction of sp³-hybridized carbons (Fsp3) is 0.333. The van der Waals surface area contributed by atoms with E-state index in [0.717, 1.165) is 6.07 Å². The van der Waals surface area contributed by atoms with Crippen molar-refractivity contribution < 1.29 is 23.5 Å². The molecule has 1 aliphatic heterocycles. The highest BCUT2D eigenvalue weighted by molar-refractivity contribution is 6.09. The predicted octanol–water partition coefficient (Wildman–Crippen LogP) is 1.33. The van der Waals surface area contributed by atoms with Crippen LogP contribution in [0.25, 0.3) is 0 Å². The Morgan fingerprint density at radius 2 is 2.35 bits per heavy atom. The van der Waals surface area contributed by atoms with E-state index in [1.165, 1.54) is 19.2 Å². The highest BCUT2D eigenvalue weighted by Gasteiger charge is 2.70. The zero-order valence-electron chi connectivity index (χ0n) is 9.03. The average molecular weight is 236 g/mol. The molecule has 0 amide bonds. The van der Waals surface area contributed by atoms with Crippen molar-refractivity contribution in [2.75, 3.05) is 7.11 Å². The third kappa shape index (κ3) is 1.22. The molecule has 5 heteroatoms. The number of ketones is 1. The molecule has 1 fully saturated rings. The molecule has 17 heavy (non-hydrogen) atoms. The molecule has 1 aliphatic carbocycles. The SMILES string of the molecule is COC(=O)[C@@]12C[C@H]1C(=O)c1cc(F)ccc1O2. The first-order valence-electron chi connectivity index (χ1n) is 5.20. The smallest absolute Gasteiger partial charge is 0.351 e. The summed E-state index contributed by atoms with van der Waals surface area (Å²) in [4.78, 5) is 23.6. The van der Waals surface area contributed by atoms with Crippen molar-refractivity contribution in [3.8, 4) is 5.75 Å². The summed E-state index contributed by atoms with van der Waals surface area (Å²) in [5, 5.41) is 0. The van der Waals surface area contributed by atoms with Crippen LogP contribution in [0.5, 0.6) is 5.75 Å². The van der Waals surface area contributed by atoms with Gasteiger partial charge < -0.3 is 9.47 Å². The summed E-state index contributed by atoms with van der Waals surface area (Å²) >= 11 is 0. The predicted molar refractivity (Wildman–Crippen MR) is 54.2 cm³/mol. The summed E-state index contributed by atoms with van der Waals surface area (Å²) in [6, 6.07) is 3.69. The minimum absolute atomic E-state index is 0.201. The maximum atomic E-state index is 13.0. The summed E-state index contributed by atoms with van der Waals surface area (Å²) in [5.74, 6) is -1.59. The second kappa shape index (κ2) is 3.06. The lowest BCUT2D eigenvalue weighted by atomic mass is 10.0. The third-order valence-corrected chi connectivity index (χ3v) is 3.26. The maximum absolute atomic E-state index is 13.0. The van der Waals surface area contributed by atoms with Crippen LogP contribution in [0.1, 0.15) is 16.8 Å². The fourth-order valence-corrected chi connectivity index (χ4v) is 2.27. The number of hydrogen-bond acceptors (Lipinski definition) is 4. The van der Waals surface area contributed by atoms with Gasteiger partial charge in [-0.05, 0) is 18.2 Å². The summed E-state index contributed by atoms with van der Waals surface area (Å²) < 4.78 is 23.2. The van der Waals surface area contributed by atoms with Gasteiger partial charge in [0, 0.05) is 6.42 Å². The zero-order chi connectivity index (χ0) is 12.2. The molecule has 88 valence electrons. The van der Waals surface area contributed by atoms with Crippen LogP contribution in [0.4, 0.5) is 4.39 Å². The average Bonchev–Trinajstić information content (AvgIpc) is 3.06. The number of rotatable bonds is 1. The molecular formula is C12H9FO4. The lowest BCUT2D eigenvalue weighted by molar-refractivity contribution is -0.151. The molecule has 0 spiro atoms. The van der Waals surface area contributed by atoms with Gasteiger partial charge in [0.2, 0.25) is 5.60 Å². The number of ether oxygens (including phenoxy) is 2. The van der Waals surface area contributed by atoms with Gasteiger partial charge in [0.15, 0.2) is 5.78 Å². The molecule has 2 atom stereocenters. The van der Waals surface area contributed by atoms with Gasteiger partial charge in [-0.1, -0.05) is 0 Å². The lowest BCUT2D eigenvalue weighted by Crippen LogP contribution is -2.38. The van der Waals surface area contributed by atoms with E-state index in [1.807, 2.05) is 0 Å². The quantitative estimate of drug-likeness (QED) is 0.690. The van der Waals surface area contributed by atoms with Crippen molar-refractivity contribution in [2.45, 2.75) is 12.0 Å². The topological polar surface area (TPSA) is 52.6 Å². The van der Waals surface area contributed by atoms with Crippen LogP contribution in [0.2, 0.25) is 0 Å². The monoisotopic (exact) mass is 236 g/mol. The molecule has 1 saturated carbocycles. The number of esters is 1. The maximum Gasteiger partial charge on any atom is 0.351 e. The Morgan fingerprint density at radius 3 is 3.06 bits per heavy atom. The number of hydrogen-bond donors (Lipinski definition) is 0. The summed E-state index contributed by atoms with van der Waals surface area (Å²) in [6.07, 6.45) is 0.300. The molecule has 1 aromatic carbocycles. The van der Waals surface area contributed by atoms with Gasteiger partial charge in [-0.2, -0.15) is 0 Å². The zero-order valence-corrected chi connectivity index (χ0v) is 9.03. The van der Waals surface area contributed by atoms with Gasteiger partial charge in [0.1, 0.15) is 11.6 Å². The van der Waals surface area contributed by atoms with Crippen LogP contribution in [0, 0.1) is 11.7 Å². The van der Waals surface area contributed by atoms with Crippen molar-refractivity contribution in [3.63, 3.8) is 0 Å². The number of methoxy groups -OCH3 is 1. The van der Waals surface area contributed by atoms with Gasteiger partial charge in [-0.15, -0.1) is 0 Å². The first-order chi connectivity index (χ1) is 8.08. The number of halogens is 1. The van der Waals surface area contributed by atoms with E-state index in [0.29, 0.717) is 6.42 Å². The van der Waals surface area contributed by atoms with Gasteiger partial charge in [0.25, 0.3) is 0 Å². The molecular weight excluding hydrogens is 227 g/mol. The van der Waals surface area contributed by atoms with E-state index in [9.17, 15) is 14.0 Å². The second-order valence-corrected chi connectivity index (χ2v) is 4.24. The molecule has 0 radical (unpaired) electrons. The molecule has 0 aromatic heterocycles. The van der Waals surface area contributed by atoms with E-state index in [2.05, 4.69) is 4.74 Å². The summed E-state index contributed by atoms with van der Waals surface area (Å²) in [6.45, 7) is 0. The van der Waals surface area contributed by atoms with Crippen molar-refractivity contribution in [1.29, 1.82) is 0 Å². The number of carbonyl (C=O) groups excluding carboxylic acids is 2. The van der Waals surface area contributed by atoms with E-state index in [1.54, 1.807) is 0 Å². The molecule has 4 nitrogen and oxygen atoms in total. The summed E-state index contributed by atoms with van der Waals surface area (Å²) in [5.41, 5.74) is -0.969.